The van der Waals surface area contributed by atoms with Crippen LogP contribution in [-0.2, 0) is 4.74 Å². The Labute approximate surface area is 116 Å². The SMILES string of the molecule is CC1(C)COC(c2ccc(C#C[Si](C)(C)C)cc2)=N1. The van der Waals surface area contributed by atoms with E-state index in [1.807, 2.05) is 24.3 Å². The van der Waals surface area contributed by atoms with Gasteiger partial charge in [-0.1, -0.05) is 25.6 Å². The van der Waals surface area contributed by atoms with E-state index in [2.05, 4.69) is 49.9 Å². The molecular weight excluding hydrogens is 250 g/mol. The van der Waals surface area contributed by atoms with Gasteiger partial charge in [0, 0.05) is 11.1 Å². The van der Waals surface area contributed by atoms with Crippen molar-refractivity contribution in [2.24, 2.45) is 4.99 Å². The van der Waals surface area contributed by atoms with Crippen LogP contribution in [-0.4, -0.2) is 26.1 Å². The zero-order valence-corrected chi connectivity index (χ0v) is 13.4. The molecule has 1 aliphatic heterocycles. The van der Waals surface area contributed by atoms with Crippen LogP contribution in [0.3, 0.4) is 0 Å². The molecule has 0 aliphatic carbocycles. The number of aliphatic imine (C=N–C) groups is 1. The normalized spacial score (nSPS) is 17.2. The van der Waals surface area contributed by atoms with Gasteiger partial charge in [0.2, 0.25) is 5.90 Å². The van der Waals surface area contributed by atoms with E-state index in [1.165, 1.54) is 0 Å². The highest BCUT2D eigenvalue weighted by Crippen LogP contribution is 2.20. The molecule has 1 aliphatic rings. The molecule has 0 radical (unpaired) electrons. The van der Waals surface area contributed by atoms with Gasteiger partial charge in [-0.05, 0) is 38.1 Å². The van der Waals surface area contributed by atoms with Gasteiger partial charge in [-0.3, -0.25) is 0 Å². The summed E-state index contributed by atoms with van der Waals surface area (Å²) in [5.41, 5.74) is 5.35. The maximum atomic E-state index is 5.63. The summed E-state index contributed by atoms with van der Waals surface area (Å²) in [4.78, 5) is 4.57. The Morgan fingerprint density at radius 3 is 2.26 bits per heavy atom. The lowest BCUT2D eigenvalue weighted by Gasteiger charge is -2.07. The Morgan fingerprint density at radius 1 is 1.16 bits per heavy atom. The summed E-state index contributed by atoms with van der Waals surface area (Å²) in [5.74, 6) is 3.99. The number of hydrogen-bond acceptors (Lipinski definition) is 2. The molecule has 0 bridgehead atoms. The molecule has 1 aromatic rings. The molecule has 1 aromatic carbocycles. The Balaban J connectivity index is 2.18. The van der Waals surface area contributed by atoms with Gasteiger partial charge in [0.25, 0.3) is 0 Å². The van der Waals surface area contributed by atoms with Gasteiger partial charge in [-0.2, -0.15) is 0 Å². The minimum absolute atomic E-state index is 0.106. The first-order chi connectivity index (χ1) is 8.75. The minimum atomic E-state index is -1.31. The van der Waals surface area contributed by atoms with Crippen LogP contribution in [0.25, 0.3) is 0 Å². The molecule has 0 saturated heterocycles. The number of ether oxygens (including phenoxy) is 1. The number of hydrogen-bond donors (Lipinski definition) is 0. The molecule has 2 rings (SSSR count). The van der Waals surface area contributed by atoms with Crippen molar-refractivity contribution in [1.82, 2.24) is 0 Å². The largest absolute Gasteiger partial charge is 0.475 e. The molecule has 0 aromatic heterocycles. The highest BCUT2D eigenvalue weighted by atomic mass is 28.3. The molecule has 0 N–H and O–H groups in total. The summed E-state index contributed by atoms with van der Waals surface area (Å²) < 4.78 is 5.63. The first-order valence-electron chi connectivity index (χ1n) is 6.61. The predicted octanol–water partition coefficient (Wildman–Crippen LogP) is 3.47. The Morgan fingerprint density at radius 2 is 1.79 bits per heavy atom. The lowest BCUT2D eigenvalue weighted by atomic mass is 10.1. The van der Waals surface area contributed by atoms with Crippen LogP contribution >= 0.6 is 0 Å². The van der Waals surface area contributed by atoms with E-state index in [0.717, 1.165) is 17.0 Å². The fraction of sp³-hybridized carbons (Fsp3) is 0.438. The van der Waals surface area contributed by atoms with Crippen molar-refractivity contribution in [1.29, 1.82) is 0 Å². The second-order valence-electron chi connectivity index (χ2n) is 6.60. The van der Waals surface area contributed by atoms with Crippen LogP contribution in [0.2, 0.25) is 19.6 Å². The first-order valence-corrected chi connectivity index (χ1v) is 10.1. The summed E-state index contributed by atoms with van der Waals surface area (Å²) in [5, 5.41) is 0. The molecule has 0 fully saturated rings. The van der Waals surface area contributed by atoms with E-state index in [4.69, 9.17) is 4.74 Å². The van der Waals surface area contributed by atoms with Crippen molar-refractivity contribution < 1.29 is 4.74 Å². The highest BCUT2D eigenvalue weighted by Gasteiger charge is 2.26. The second-order valence-corrected chi connectivity index (χ2v) is 11.3. The van der Waals surface area contributed by atoms with Crippen molar-refractivity contribution >= 4 is 14.0 Å². The Kier molecular flexibility index (Phi) is 3.55. The van der Waals surface area contributed by atoms with Gasteiger partial charge >= 0.3 is 0 Å². The number of rotatable bonds is 1. The van der Waals surface area contributed by atoms with Crippen molar-refractivity contribution in [3.8, 4) is 11.5 Å². The van der Waals surface area contributed by atoms with Crippen LogP contribution in [0, 0.1) is 11.5 Å². The lowest BCUT2D eigenvalue weighted by molar-refractivity contribution is 0.279. The van der Waals surface area contributed by atoms with Crippen molar-refractivity contribution in [3.05, 3.63) is 35.4 Å². The monoisotopic (exact) mass is 271 g/mol. The van der Waals surface area contributed by atoms with Crippen LogP contribution in [0.4, 0.5) is 0 Å². The van der Waals surface area contributed by atoms with Gasteiger partial charge in [0.15, 0.2) is 0 Å². The van der Waals surface area contributed by atoms with Gasteiger partial charge in [-0.15, -0.1) is 5.54 Å². The average molecular weight is 271 g/mol. The zero-order valence-electron chi connectivity index (χ0n) is 12.4. The molecule has 1 heterocycles. The third-order valence-corrected chi connectivity index (χ3v) is 3.56. The molecule has 100 valence electrons. The van der Waals surface area contributed by atoms with E-state index in [-0.39, 0.29) is 5.54 Å². The fourth-order valence-electron chi connectivity index (χ4n) is 1.69. The van der Waals surface area contributed by atoms with Crippen LogP contribution in [0.5, 0.6) is 0 Å². The molecule has 0 amide bonds. The summed E-state index contributed by atoms with van der Waals surface area (Å²) in [6, 6.07) is 8.16. The van der Waals surface area contributed by atoms with E-state index >= 15 is 0 Å². The summed E-state index contributed by atoms with van der Waals surface area (Å²) >= 11 is 0. The summed E-state index contributed by atoms with van der Waals surface area (Å²) in [7, 11) is -1.31. The van der Waals surface area contributed by atoms with E-state index in [1.54, 1.807) is 0 Å². The van der Waals surface area contributed by atoms with Gasteiger partial charge < -0.3 is 4.74 Å². The molecule has 2 nitrogen and oxygen atoms in total. The fourth-order valence-corrected chi connectivity index (χ4v) is 2.21. The van der Waals surface area contributed by atoms with Crippen molar-refractivity contribution in [2.45, 2.75) is 39.0 Å². The van der Waals surface area contributed by atoms with Gasteiger partial charge in [0.05, 0.1) is 5.54 Å². The second kappa shape index (κ2) is 4.86. The molecule has 0 atom stereocenters. The van der Waals surface area contributed by atoms with Gasteiger partial charge in [-0.25, -0.2) is 4.99 Å². The quantitative estimate of drug-likeness (QED) is 0.566. The minimum Gasteiger partial charge on any atom is -0.475 e. The highest BCUT2D eigenvalue weighted by molar-refractivity contribution is 6.83. The van der Waals surface area contributed by atoms with Gasteiger partial charge in [0.1, 0.15) is 14.7 Å². The maximum Gasteiger partial charge on any atom is 0.216 e. The van der Waals surface area contributed by atoms with E-state index in [9.17, 15) is 0 Å². The third-order valence-electron chi connectivity index (χ3n) is 2.68. The standard InChI is InChI=1S/C16H21NOSi/c1-16(2)12-18-15(17-16)14-8-6-13(7-9-14)10-11-19(3,4)5/h6-9H,12H2,1-5H3. The molecular formula is C16H21NOSi. The molecule has 3 heteroatoms. The maximum absolute atomic E-state index is 5.63. The summed E-state index contributed by atoms with van der Waals surface area (Å²) in [6.45, 7) is 11.5. The van der Waals surface area contributed by atoms with Crippen LogP contribution in [0.15, 0.2) is 29.3 Å². The smallest absolute Gasteiger partial charge is 0.216 e. The van der Waals surface area contributed by atoms with Crippen LogP contribution < -0.4 is 0 Å². The molecule has 0 saturated carbocycles. The number of benzene rings is 1. The molecule has 19 heavy (non-hydrogen) atoms. The number of nitrogens with zero attached hydrogens (tertiary/aromatic N) is 1. The van der Waals surface area contributed by atoms with E-state index < -0.39 is 8.07 Å². The molecule has 0 spiro atoms. The Bertz CT molecular complexity index is 553. The summed E-state index contributed by atoms with van der Waals surface area (Å²) in [6.07, 6.45) is 0. The van der Waals surface area contributed by atoms with Crippen molar-refractivity contribution in [3.63, 3.8) is 0 Å². The predicted molar refractivity (Wildman–Crippen MR) is 83.2 cm³/mol. The lowest BCUT2D eigenvalue weighted by Crippen LogP contribution is -2.17. The topological polar surface area (TPSA) is 21.6 Å². The van der Waals surface area contributed by atoms with Crippen LogP contribution in [0.1, 0.15) is 25.0 Å². The zero-order chi connectivity index (χ0) is 14.1. The first kappa shape index (κ1) is 13.9. The third kappa shape index (κ3) is 3.97. The average Bonchev–Trinajstić information content (AvgIpc) is 2.67. The molecule has 0 unspecified atom stereocenters. The Hall–Kier alpha value is -1.53. The van der Waals surface area contributed by atoms with Crippen molar-refractivity contribution in [2.75, 3.05) is 6.61 Å². The van der Waals surface area contributed by atoms with E-state index in [0.29, 0.717) is 6.61 Å².